The van der Waals surface area contributed by atoms with Gasteiger partial charge in [-0.2, -0.15) is 5.10 Å². The molecule has 9 nitrogen and oxygen atoms in total. The summed E-state index contributed by atoms with van der Waals surface area (Å²) < 4.78 is 2.70. The minimum atomic E-state index is -0.563. The van der Waals surface area contributed by atoms with Gasteiger partial charge in [-0.05, 0) is 0 Å². The first-order chi connectivity index (χ1) is 8.49. The minimum Gasteiger partial charge on any atom is -0.383 e. The fourth-order valence-electron chi connectivity index (χ4n) is 1.44. The Labute approximate surface area is 101 Å². The summed E-state index contributed by atoms with van der Waals surface area (Å²) in [6.45, 7) is 0.242. The zero-order chi connectivity index (χ0) is 13.3. The lowest BCUT2D eigenvalue weighted by molar-refractivity contribution is 0.746. The number of nitrogens with one attached hydrogen (secondary N) is 2. The number of anilines is 2. The van der Waals surface area contributed by atoms with Gasteiger partial charge in [0.05, 0.1) is 6.54 Å². The molecule has 0 fully saturated rings. The van der Waals surface area contributed by atoms with E-state index in [9.17, 15) is 9.59 Å². The molecule has 0 radical (unpaired) electrons. The lowest BCUT2D eigenvalue weighted by Crippen LogP contribution is -2.32. The lowest BCUT2D eigenvalue weighted by Gasteiger charge is -2.09. The third-order valence-corrected chi connectivity index (χ3v) is 2.44. The second-order valence-electron chi connectivity index (χ2n) is 3.77. The molecule has 0 amide bonds. The third-order valence-electron chi connectivity index (χ3n) is 2.44. The van der Waals surface area contributed by atoms with Gasteiger partial charge in [0.2, 0.25) is 0 Å². The molecule has 18 heavy (non-hydrogen) atoms. The first-order valence-corrected chi connectivity index (χ1v) is 5.16. The van der Waals surface area contributed by atoms with Gasteiger partial charge in [-0.25, -0.2) is 9.78 Å². The zero-order valence-electron chi connectivity index (χ0n) is 9.97. The van der Waals surface area contributed by atoms with E-state index >= 15 is 0 Å². The van der Waals surface area contributed by atoms with Crippen LogP contribution >= 0.6 is 0 Å². The maximum atomic E-state index is 11.6. The van der Waals surface area contributed by atoms with Gasteiger partial charge in [0, 0.05) is 14.1 Å². The molecule has 0 atom stereocenters. The zero-order valence-corrected chi connectivity index (χ0v) is 9.97. The van der Waals surface area contributed by atoms with Crippen molar-refractivity contribution in [1.29, 1.82) is 0 Å². The average molecular weight is 251 g/mol. The number of aromatic amines is 1. The average Bonchev–Trinajstić information content (AvgIpc) is 2.72. The topological polar surface area (TPSA) is 124 Å². The van der Waals surface area contributed by atoms with Crippen molar-refractivity contribution in [3.05, 3.63) is 33.0 Å². The van der Waals surface area contributed by atoms with Crippen molar-refractivity contribution < 1.29 is 0 Å². The van der Waals surface area contributed by atoms with Crippen molar-refractivity contribution >= 4 is 11.5 Å². The van der Waals surface area contributed by atoms with Gasteiger partial charge < -0.3 is 11.1 Å². The summed E-state index contributed by atoms with van der Waals surface area (Å²) in [6.07, 6.45) is 1.55. The van der Waals surface area contributed by atoms with Crippen molar-refractivity contribution in [2.24, 2.45) is 14.1 Å². The number of nitrogen functional groups attached to an aromatic ring is 1. The number of aryl methyl sites for hydroxylation is 1. The van der Waals surface area contributed by atoms with Gasteiger partial charge in [0.15, 0.2) is 5.82 Å². The van der Waals surface area contributed by atoms with Crippen LogP contribution in [0.2, 0.25) is 0 Å². The van der Waals surface area contributed by atoms with Crippen LogP contribution in [0.5, 0.6) is 0 Å². The maximum Gasteiger partial charge on any atom is 0.329 e. The molecule has 0 spiro atoms. The van der Waals surface area contributed by atoms with Crippen LogP contribution in [-0.2, 0) is 20.6 Å². The number of aromatic nitrogens is 5. The molecule has 96 valence electrons. The molecule has 2 heterocycles. The highest BCUT2D eigenvalue weighted by molar-refractivity contribution is 5.60. The van der Waals surface area contributed by atoms with E-state index in [0.29, 0.717) is 5.82 Å². The number of nitrogens with zero attached hydrogens (tertiary/aromatic N) is 4. The van der Waals surface area contributed by atoms with E-state index in [2.05, 4.69) is 20.4 Å². The molecule has 0 unspecified atom stereocenters. The molecule has 0 aromatic carbocycles. The molecular weight excluding hydrogens is 238 g/mol. The van der Waals surface area contributed by atoms with Crippen LogP contribution in [0.4, 0.5) is 11.5 Å². The van der Waals surface area contributed by atoms with Crippen LogP contribution in [0.1, 0.15) is 5.82 Å². The number of nitrogens with two attached hydrogens (primary N) is 1. The smallest absolute Gasteiger partial charge is 0.329 e. The van der Waals surface area contributed by atoms with E-state index in [1.54, 1.807) is 18.1 Å². The molecular formula is C9H13N7O2. The summed E-state index contributed by atoms with van der Waals surface area (Å²) in [5, 5.41) is 6.86. The van der Waals surface area contributed by atoms with Crippen molar-refractivity contribution in [2.45, 2.75) is 6.54 Å². The fourth-order valence-corrected chi connectivity index (χ4v) is 1.44. The molecule has 0 aliphatic heterocycles. The summed E-state index contributed by atoms with van der Waals surface area (Å²) in [5.74, 6) is 0.588. The molecule has 2 rings (SSSR count). The molecule has 9 heteroatoms. The molecule has 0 aliphatic rings. The van der Waals surface area contributed by atoms with Crippen molar-refractivity contribution in [1.82, 2.24) is 24.3 Å². The number of hydrogen-bond acceptors (Lipinski definition) is 6. The standard InChI is InChI=1S/C9H13N7O2/c1-15-4-12-5(14-15)3-11-6-7(10)16(2)9(18)13-8(6)17/h4,11H,3,10H2,1-2H3,(H,13,17,18). The second-order valence-corrected chi connectivity index (χ2v) is 3.77. The molecule has 0 saturated heterocycles. The van der Waals surface area contributed by atoms with E-state index in [1.165, 1.54) is 7.05 Å². The van der Waals surface area contributed by atoms with Crippen molar-refractivity contribution in [3.8, 4) is 0 Å². The van der Waals surface area contributed by atoms with Gasteiger partial charge in [0.25, 0.3) is 5.56 Å². The maximum absolute atomic E-state index is 11.6. The Morgan fingerprint density at radius 2 is 2.17 bits per heavy atom. The van der Waals surface area contributed by atoms with Gasteiger partial charge in [0.1, 0.15) is 17.8 Å². The highest BCUT2D eigenvalue weighted by atomic mass is 16.2. The van der Waals surface area contributed by atoms with Gasteiger partial charge in [-0.15, -0.1) is 0 Å². The lowest BCUT2D eigenvalue weighted by atomic mass is 10.4. The Kier molecular flexibility index (Phi) is 2.88. The first kappa shape index (κ1) is 11.9. The van der Waals surface area contributed by atoms with E-state index in [1.807, 2.05) is 0 Å². The van der Waals surface area contributed by atoms with E-state index < -0.39 is 11.2 Å². The largest absolute Gasteiger partial charge is 0.383 e. The Morgan fingerprint density at radius 1 is 1.44 bits per heavy atom. The van der Waals surface area contributed by atoms with Crippen LogP contribution in [0, 0.1) is 0 Å². The quantitative estimate of drug-likeness (QED) is 0.603. The van der Waals surface area contributed by atoms with Crippen LogP contribution < -0.4 is 22.3 Å². The van der Waals surface area contributed by atoms with E-state index in [-0.39, 0.29) is 18.1 Å². The van der Waals surface area contributed by atoms with Crippen LogP contribution in [-0.4, -0.2) is 24.3 Å². The molecule has 2 aromatic rings. The molecule has 0 aliphatic carbocycles. The van der Waals surface area contributed by atoms with E-state index in [0.717, 1.165) is 4.57 Å². The van der Waals surface area contributed by atoms with Gasteiger partial charge in [-0.3, -0.25) is 19.0 Å². The molecule has 2 aromatic heterocycles. The van der Waals surface area contributed by atoms with E-state index in [4.69, 9.17) is 5.73 Å². The Hall–Kier alpha value is -2.58. The summed E-state index contributed by atoms with van der Waals surface area (Å²) in [7, 11) is 3.21. The summed E-state index contributed by atoms with van der Waals surface area (Å²) in [6, 6.07) is 0. The fraction of sp³-hybridized carbons (Fsp3) is 0.333. The molecule has 0 bridgehead atoms. The van der Waals surface area contributed by atoms with Gasteiger partial charge in [-0.1, -0.05) is 0 Å². The van der Waals surface area contributed by atoms with Crippen LogP contribution in [0.15, 0.2) is 15.9 Å². The highest BCUT2D eigenvalue weighted by Gasteiger charge is 2.10. The van der Waals surface area contributed by atoms with Crippen LogP contribution in [0.25, 0.3) is 0 Å². The molecule has 0 saturated carbocycles. The Bertz CT molecular complexity index is 681. The summed E-state index contributed by atoms with van der Waals surface area (Å²) >= 11 is 0. The Morgan fingerprint density at radius 3 is 2.78 bits per heavy atom. The molecule has 4 N–H and O–H groups in total. The number of rotatable bonds is 3. The Balaban J connectivity index is 2.27. The third kappa shape index (κ3) is 2.10. The summed E-state index contributed by atoms with van der Waals surface area (Å²) in [4.78, 5) is 29.0. The summed E-state index contributed by atoms with van der Waals surface area (Å²) in [5.41, 5.74) is 4.70. The monoisotopic (exact) mass is 251 g/mol. The first-order valence-electron chi connectivity index (χ1n) is 5.16. The highest BCUT2D eigenvalue weighted by Crippen LogP contribution is 2.08. The van der Waals surface area contributed by atoms with Crippen molar-refractivity contribution in [3.63, 3.8) is 0 Å². The van der Waals surface area contributed by atoms with Gasteiger partial charge >= 0.3 is 5.69 Å². The SMILES string of the molecule is Cn1cnc(CNc2c(N)n(C)c(=O)[nH]c2=O)n1. The number of hydrogen-bond donors (Lipinski definition) is 3. The minimum absolute atomic E-state index is 0.0691. The normalized spacial score (nSPS) is 10.6. The number of H-pyrrole nitrogens is 1. The predicted molar refractivity (Wildman–Crippen MR) is 65.0 cm³/mol. The predicted octanol–water partition coefficient (Wildman–Crippen LogP) is -1.60. The second kappa shape index (κ2) is 4.35. The van der Waals surface area contributed by atoms with Crippen molar-refractivity contribution in [2.75, 3.05) is 11.1 Å². The van der Waals surface area contributed by atoms with Crippen LogP contribution in [0.3, 0.4) is 0 Å².